The van der Waals surface area contributed by atoms with Crippen LogP contribution in [0.1, 0.15) is 19.8 Å². The Bertz CT molecular complexity index is 450. The molecule has 0 radical (unpaired) electrons. The Hall–Kier alpha value is -1.68. The third-order valence-electron chi connectivity index (χ3n) is 2.86. The van der Waals surface area contributed by atoms with Gasteiger partial charge in [0.05, 0.1) is 12.0 Å². The first-order valence-electron chi connectivity index (χ1n) is 6.53. The largest absolute Gasteiger partial charge is 0.337 e. The molecule has 0 saturated heterocycles. The molecule has 0 amide bonds. The molecule has 0 unspecified atom stereocenters. The van der Waals surface area contributed by atoms with E-state index < -0.39 is 0 Å². The van der Waals surface area contributed by atoms with E-state index >= 15 is 0 Å². The highest BCUT2D eigenvalue weighted by atomic mass is 15.0. The lowest BCUT2D eigenvalue weighted by Gasteiger charge is -2.02. The Morgan fingerprint density at radius 3 is 3.06 bits per heavy atom. The number of hydrogen-bond acceptors (Lipinski definition) is 3. The molecule has 0 bridgehead atoms. The summed E-state index contributed by atoms with van der Waals surface area (Å²) in [5.74, 6) is 0. The van der Waals surface area contributed by atoms with E-state index in [4.69, 9.17) is 0 Å². The van der Waals surface area contributed by atoms with Crippen LogP contribution >= 0.6 is 0 Å². The number of hydrogen-bond donors (Lipinski definition) is 1. The van der Waals surface area contributed by atoms with Crippen LogP contribution < -0.4 is 5.32 Å². The van der Waals surface area contributed by atoms with Crippen molar-refractivity contribution < 1.29 is 0 Å². The molecule has 0 aromatic carbocycles. The number of nitrogens with zero attached hydrogens (tertiary/aromatic N) is 3. The summed E-state index contributed by atoms with van der Waals surface area (Å²) in [6.45, 7) is 5.31. The van der Waals surface area contributed by atoms with Crippen LogP contribution in [0.3, 0.4) is 0 Å². The minimum absolute atomic E-state index is 0.995. The highest BCUT2D eigenvalue weighted by Gasteiger charge is 2.01. The first-order chi connectivity index (χ1) is 8.90. The van der Waals surface area contributed by atoms with E-state index in [1.54, 1.807) is 6.20 Å². The number of aromatic nitrogens is 3. The number of unbranched alkanes of at least 4 members (excludes halogenated alkanes) is 1. The van der Waals surface area contributed by atoms with Gasteiger partial charge in [-0.25, -0.2) is 4.98 Å². The van der Waals surface area contributed by atoms with Gasteiger partial charge in [0.1, 0.15) is 0 Å². The number of pyridine rings is 1. The van der Waals surface area contributed by atoms with Crippen LogP contribution in [-0.2, 0) is 6.54 Å². The van der Waals surface area contributed by atoms with Gasteiger partial charge in [-0.3, -0.25) is 4.98 Å². The van der Waals surface area contributed by atoms with Crippen LogP contribution in [0.15, 0.2) is 37.1 Å². The Balaban J connectivity index is 1.83. The van der Waals surface area contributed by atoms with E-state index in [0.717, 1.165) is 30.9 Å². The third kappa shape index (κ3) is 3.67. The average molecular weight is 244 g/mol. The minimum atomic E-state index is 0.995. The smallest absolute Gasteiger partial charge is 0.0953 e. The normalized spacial score (nSPS) is 10.7. The quantitative estimate of drug-likeness (QED) is 0.760. The van der Waals surface area contributed by atoms with Crippen molar-refractivity contribution in [2.45, 2.75) is 26.3 Å². The molecule has 0 spiro atoms. The zero-order chi connectivity index (χ0) is 12.6. The van der Waals surface area contributed by atoms with Crippen LogP contribution in [0.25, 0.3) is 11.3 Å². The molecular formula is C14H20N4. The lowest BCUT2D eigenvalue weighted by molar-refractivity contribution is 0.576. The molecule has 0 fully saturated rings. The topological polar surface area (TPSA) is 42.7 Å². The molecule has 96 valence electrons. The predicted octanol–water partition coefficient (Wildman–Crippen LogP) is 2.33. The third-order valence-corrected chi connectivity index (χ3v) is 2.86. The number of nitrogens with one attached hydrogen (secondary N) is 1. The molecule has 0 atom stereocenters. The zero-order valence-corrected chi connectivity index (χ0v) is 10.8. The maximum Gasteiger partial charge on any atom is 0.0953 e. The van der Waals surface area contributed by atoms with Gasteiger partial charge in [-0.1, -0.05) is 6.92 Å². The highest BCUT2D eigenvalue weighted by Crippen LogP contribution is 2.14. The second kappa shape index (κ2) is 6.91. The molecule has 0 saturated carbocycles. The fourth-order valence-electron chi connectivity index (χ4n) is 1.87. The zero-order valence-electron chi connectivity index (χ0n) is 10.8. The van der Waals surface area contributed by atoms with Crippen molar-refractivity contribution >= 4 is 0 Å². The fourth-order valence-corrected chi connectivity index (χ4v) is 1.87. The summed E-state index contributed by atoms with van der Waals surface area (Å²) in [4.78, 5) is 8.52. The van der Waals surface area contributed by atoms with Gasteiger partial charge >= 0.3 is 0 Å². The van der Waals surface area contributed by atoms with Crippen molar-refractivity contribution in [3.8, 4) is 11.3 Å². The molecule has 0 aliphatic rings. The van der Waals surface area contributed by atoms with Crippen molar-refractivity contribution in [3.63, 3.8) is 0 Å². The molecule has 4 heteroatoms. The van der Waals surface area contributed by atoms with Gasteiger partial charge in [0.25, 0.3) is 0 Å². The Morgan fingerprint density at radius 2 is 2.28 bits per heavy atom. The summed E-state index contributed by atoms with van der Waals surface area (Å²) >= 11 is 0. The van der Waals surface area contributed by atoms with Crippen molar-refractivity contribution in [1.82, 2.24) is 19.9 Å². The molecule has 4 nitrogen and oxygen atoms in total. The van der Waals surface area contributed by atoms with Crippen LogP contribution in [0.5, 0.6) is 0 Å². The van der Waals surface area contributed by atoms with Crippen LogP contribution in [0, 0.1) is 0 Å². The predicted molar refractivity (Wildman–Crippen MR) is 73.2 cm³/mol. The van der Waals surface area contributed by atoms with Crippen molar-refractivity contribution in [2.24, 2.45) is 0 Å². The summed E-state index contributed by atoms with van der Waals surface area (Å²) in [7, 11) is 0. The summed E-state index contributed by atoms with van der Waals surface area (Å²) in [5, 5.41) is 3.33. The Morgan fingerprint density at radius 1 is 1.33 bits per heavy atom. The molecule has 18 heavy (non-hydrogen) atoms. The highest BCUT2D eigenvalue weighted by molar-refractivity contribution is 5.56. The lowest BCUT2D eigenvalue weighted by atomic mass is 10.2. The first-order valence-corrected chi connectivity index (χ1v) is 6.53. The van der Waals surface area contributed by atoms with E-state index in [0.29, 0.717) is 0 Å². The van der Waals surface area contributed by atoms with Gasteiger partial charge in [-0.15, -0.1) is 0 Å². The standard InChI is InChI=1S/C14H20N4/c1-2-15-7-3-4-9-18-11-14(17-12-18)13-6-5-8-16-10-13/h5-6,8,10-12,15H,2-4,7,9H2,1H3. The number of aryl methyl sites for hydroxylation is 1. The van der Waals surface area contributed by atoms with Gasteiger partial charge in [-0.05, 0) is 38.1 Å². The second-order valence-corrected chi connectivity index (χ2v) is 4.30. The lowest BCUT2D eigenvalue weighted by Crippen LogP contribution is -2.14. The van der Waals surface area contributed by atoms with E-state index in [2.05, 4.69) is 33.0 Å². The van der Waals surface area contributed by atoms with E-state index in [9.17, 15) is 0 Å². The molecule has 1 N–H and O–H groups in total. The fraction of sp³-hybridized carbons (Fsp3) is 0.429. The van der Waals surface area contributed by atoms with Crippen molar-refractivity contribution in [1.29, 1.82) is 0 Å². The molecule has 2 rings (SSSR count). The Labute approximate surface area is 108 Å². The summed E-state index contributed by atoms with van der Waals surface area (Å²) in [6, 6.07) is 3.97. The molecular weight excluding hydrogens is 224 g/mol. The van der Waals surface area contributed by atoms with Gasteiger partial charge in [0, 0.05) is 30.7 Å². The van der Waals surface area contributed by atoms with E-state index in [-0.39, 0.29) is 0 Å². The van der Waals surface area contributed by atoms with Gasteiger partial charge in [0.15, 0.2) is 0 Å². The van der Waals surface area contributed by atoms with Gasteiger partial charge < -0.3 is 9.88 Å². The Kier molecular flexibility index (Phi) is 4.90. The number of rotatable bonds is 7. The van der Waals surface area contributed by atoms with Crippen molar-refractivity contribution in [3.05, 3.63) is 37.1 Å². The molecule has 2 aromatic rings. The summed E-state index contributed by atoms with van der Waals surface area (Å²) in [5.41, 5.74) is 2.07. The van der Waals surface area contributed by atoms with Crippen LogP contribution in [0.4, 0.5) is 0 Å². The molecule has 2 heterocycles. The second-order valence-electron chi connectivity index (χ2n) is 4.30. The number of imidazole rings is 1. The maximum atomic E-state index is 4.41. The first kappa shape index (κ1) is 12.8. The van der Waals surface area contributed by atoms with Crippen molar-refractivity contribution in [2.75, 3.05) is 13.1 Å². The van der Waals surface area contributed by atoms with E-state index in [1.165, 1.54) is 12.8 Å². The SMILES string of the molecule is CCNCCCCn1cnc(-c2cccnc2)c1. The summed E-state index contributed by atoms with van der Waals surface area (Å²) in [6.07, 6.45) is 9.99. The molecule has 0 aliphatic heterocycles. The van der Waals surface area contributed by atoms with Crippen LogP contribution in [0.2, 0.25) is 0 Å². The molecule has 2 aromatic heterocycles. The summed E-state index contributed by atoms with van der Waals surface area (Å²) < 4.78 is 2.15. The minimum Gasteiger partial charge on any atom is -0.337 e. The van der Waals surface area contributed by atoms with Gasteiger partial charge in [0.2, 0.25) is 0 Å². The average Bonchev–Trinajstić information content (AvgIpc) is 2.88. The maximum absolute atomic E-state index is 4.41. The molecule has 0 aliphatic carbocycles. The van der Waals surface area contributed by atoms with Gasteiger partial charge in [-0.2, -0.15) is 0 Å². The van der Waals surface area contributed by atoms with Crippen LogP contribution in [-0.4, -0.2) is 27.6 Å². The van der Waals surface area contributed by atoms with E-state index in [1.807, 2.05) is 24.7 Å². The monoisotopic (exact) mass is 244 g/mol.